The molecule has 3 N–H and O–H groups in total. The third-order valence-corrected chi connectivity index (χ3v) is 5.49. The number of hydrazone groups is 1. The van der Waals surface area contributed by atoms with Crippen molar-refractivity contribution in [3.63, 3.8) is 0 Å². The molecule has 1 fully saturated rings. The van der Waals surface area contributed by atoms with E-state index >= 15 is 0 Å². The Morgan fingerprint density at radius 2 is 1.84 bits per heavy atom. The van der Waals surface area contributed by atoms with Crippen LogP contribution >= 0.6 is 0 Å². The predicted molar refractivity (Wildman–Crippen MR) is 123 cm³/mol. The van der Waals surface area contributed by atoms with E-state index < -0.39 is 11.4 Å². The van der Waals surface area contributed by atoms with E-state index in [1.54, 1.807) is 30.3 Å². The highest BCUT2D eigenvalue weighted by molar-refractivity contribution is 6.38. The zero-order valence-electron chi connectivity index (χ0n) is 17.6. The molecule has 3 aromatic rings. The Labute approximate surface area is 183 Å². The molecule has 2 aromatic carbocycles. The van der Waals surface area contributed by atoms with Crippen LogP contribution < -0.4 is 11.4 Å². The number of carbonyl (C=O) groups excluding carboxylic acids is 1. The van der Waals surface area contributed by atoms with Gasteiger partial charge in [0.1, 0.15) is 11.5 Å². The monoisotopic (exact) mass is 434 g/mol. The van der Waals surface area contributed by atoms with Gasteiger partial charge in [0.05, 0.1) is 23.0 Å². The SMILES string of the molecule is CN1CCN(C(=O)c2ccc(N=CC(=NN)c3cc4c(F)cccc4[nH]c3=O)cc2)CC1. The molecule has 32 heavy (non-hydrogen) atoms. The Kier molecular flexibility index (Phi) is 6.09. The topological polar surface area (TPSA) is 107 Å². The molecule has 8 nitrogen and oxygen atoms in total. The van der Waals surface area contributed by atoms with Crippen molar-refractivity contribution in [1.29, 1.82) is 0 Å². The summed E-state index contributed by atoms with van der Waals surface area (Å²) in [4.78, 5) is 36.0. The van der Waals surface area contributed by atoms with E-state index in [-0.39, 0.29) is 22.6 Å². The summed E-state index contributed by atoms with van der Waals surface area (Å²) in [5.74, 6) is 5.00. The molecule has 1 aliphatic rings. The highest BCUT2D eigenvalue weighted by Gasteiger charge is 2.20. The second-order valence-electron chi connectivity index (χ2n) is 7.63. The van der Waals surface area contributed by atoms with E-state index in [0.29, 0.717) is 29.9 Å². The molecule has 1 aliphatic heterocycles. The fourth-order valence-corrected chi connectivity index (χ4v) is 3.57. The summed E-state index contributed by atoms with van der Waals surface area (Å²) < 4.78 is 14.1. The third kappa shape index (κ3) is 4.42. The summed E-state index contributed by atoms with van der Waals surface area (Å²) in [7, 11) is 2.04. The number of rotatable bonds is 4. The molecule has 9 heteroatoms. The lowest BCUT2D eigenvalue weighted by Gasteiger charge is -2.32. The molecule has 164 valence electrons. The van der Waals surface area contributed by atoms with Crippen LogP contribution in [0.3, 0.4) is 0 Å². The lowest BCUT2D eigenvalue weighted by Crippen LogP contribution is -2.47. The number of aliphatic imine (C=N–C) groups is 1. The number of likely N-dealkylation sites (N-methyl/N-ethyl adjacent to an activating group) is 1. The normalized spacial score (nSPS) is 15.6. The number of nitrogens with one attached hydrogen (secondary N) is 1. The number of benzene rings is 2. The summed E-state index contributed by atoms with van der Waals surface area (Å²) in [5.41, 5.74) is 1.29. The van der Waals surface area contributed by atoms with E-state index in [2.05, 4.69) is 20.0 Å². The van der Waals surface area contributed by atoms with Crippen LogP contribution in [0.1, 0.15) is 15.9 Å². The van der Waals surface area contributed by atoms with Crippen molar-refractivity contribution in [3.05, 3.63) is 75.8 Å². The average molecular weight is 434 g/mol. The summed E-state index contributed by atoms with van der Waals surface area (Å²) in [5, 5.41) is 3.90. The molecule has 0 saturated carbocycles. The van der Waals surface area contributed by atoms with Gasteiger partial charge < -0.3 is 20.6 Å². The highest BCUT2D eigenvalue weighted by Crippen LogP contribution is 2.17. The van der Waals surface area contributed by atoms with Gasteiger partial charge in [-0.1, -0.05) is 6.07 Å². The standard InChI is InChI=1S/C23H23FN6O2/c1-29-9-11-30(12-10-29)23(32)15-5-7-16(8-6-15)26-14-21(28-25)18-13-17-19(24)3-2-4-20(17)27-22(18)31/h2-8,13-14H,9-12,25H2,1H3,(H,27,31). The number of carbonyl (C=O) groups is 1. The van der Waals surface area contributed by atoms with Crippen LogP contribution in [-0.2, 0) is 0 Å². The first-order valence-electron chi connectivity index (χ1n) is 10.2. The lowest BCUT2D eigenvalue weighted by molar-refractivity contribution is 0.0664. The van der Waals surface area contributed by atoms with Crippen molar-refractivity contribution in [2.45, 2.75) is 0 Å². The summed E-state index contributed by atoms with van der Waals surface area (Å²) in [6.07, 6.45) is 1.34. The number of hydrogen-bond donors (Lipinski definition) is 2. The van der Waals surface area contributed by atoms with E-state index in [1.807, 2.05) is 11.9 Å². The van der Waals surface area contributed by atoms with Crippen LogP contribution in [0, 0.1) is 5.82 Å². The first-order chi connectivity index (χ1) is 15.5. The molecule has 0 aliphatic carbocycles. The van der Waals surface area contributed by atoms with Gasteiger partial charge in [0.15, 0.2) is 0 Å². The van der Waals surface area contributed by atoms with Gasteiger partial charge >= 0.3 is 0 Å². The number of H-pyrrole nitrogens is 1. The van der Waals surface area contributed by atoms with Crippen molar-refractivity contribution >= 4 is 34.4 Å². The van der Waals surface area contributed by atoms with Crippen molar-refractivity contribution in [2.24, 2.45) is 15.9 Å². The smallest absolute Gasteiger partial charge is 0.258 e. The minimum absolute atomic E-state index is 0.0115. The zero-order valence-corrected chi connectivity index (χ0v) is 17.6. The Balaban J connectivity index is 1.53. The van der Waals surface area contributed by atoms with Crippen LogP contribution in [0.2, 0.25) is 0 Å². The number of pyridine rings is 1. The largest absolute Gasteiger partial charge is 0.336 e. The fraction of sp³-hybridized carbons (Fsp3) is 0.217. The first-order valence-corrected chi connectivity index (χ1v) is 10.2. The van der Waals surface area contributed by atoms with Crippen LogP contribution in [0.5, 0.6) is 0 Å². The van der Waals surface area contributed by atoms with Gasteiger partial charge in [-0.3, -0.25) is 14.6 Å². The molecule has 0 radical (unpaired) electrons. The van der Waals surface area contributed by atoms with Gasteiger partial charge in [-0.25, -0.2) is 4.39 Å². The fourth-order valence-electron chi connectivity index (χ4n) is 3.57. The first kappa shape index (κ1) is 21.4. The minimum atomic E-state index is -0.464. The predicted octanol–water partition coefficient (Wildman–Crippen LogP) is 2.12. The molecule has 0 atom stereocenters. The molecule has 1 aromatic heterocycles. The molecule has 0 unspecified atom stereocenters. The van der Waals surface area contributed by atoms with Crippen LogP contribution in [0.15, 0.2) is 63.4 Å². The van der Waals surface area contributed by atoms with E-state index in [9.17, 15) is 14.0 Å². The van der Waals surface area contributed by atoms with Gasteiger partial charge in [-0.15, -0.1) is 0 Å². The number of nitrogens with zero attached hydrogens (tertiary/aromatic N) is 4. The zero-order chi connectivity index (χ0) is 22.7. The third-order valence-electron chi connectivity index (χ3n) is 5.49. The minimum Gasteiger partial charge on any atom is -0.336 e. The van der Waals surface area contributed by atoms with Crippen LogP contribution in [-0.4, -0.2) is 65.8 Å². The average Bonchev–Trinajstić information content (AvgIpc) is 2.80. The second kappa shape index (κ2) is 9.11. The van der Waals surface area contributed by atoms with E-state index in [0.717, 1.165) is 13.1 Å². The summed E-state index contributed by atoms with van der Waals surface area (Å²) in [6.45, 7) is 3.11. The van der Waals surface area contributed by atoms with Crippen LogP contribution in [0.4, 0.5) is 10.1 Å². The molecule has 4 rings (SSSR count). The number of piperazine rings is 1. The van der Waals surface area contributed by atoms with E-state index in [1.165, 1.54) is 24.4 Å². The maximum atomic E-state index is 14.1. The van der Waals surface area contributed by atoms with Crippen molar-refractivity contribution in [1.82, 2.24) is 14.8 Å². The number of halogens is 1. The molecule has 0 bridgehead atoms. The number of amides is 1. The molecular formula is C23H23FN6O2. The Bertz CT molecular complexity index is 1260. The summed E-state index contributed by atoms with van der Waals surface area (Å²) >= 11 is 0. The van der Waals surface area contributed by atoms with Crippen molar-refractivity contribution in [2.75, 3.05) is 33.2 Å². The molecule has 0 spiro atoms. The Hall–Kier alpha value is -3.85. The van der Waals surface area contributed by atoms with Gasteiger partial charge in [0.2, 0.25) is 0 Å². The highest BCUT2D eigenvalue weighted by atomic mass is 19.1. The number of aromatic amines is 1. The van der Waals surface area contributed by atoms with Crippen molar-refractivity contribution < 1.29 is 9.18 Å². The molecule has 1 amide bonds. The Morgan fingerprint density at radius 3 is 2.53 bits per heavy atom. The number of hydrogen-bond acceptors (Lipinski definition) is 6. The quantitative estimate of drug-likeness (QED) is 0.373. The maximum Gasteiger partial charge on any atom is 0.258 e. The molecule has 1 saturated heterocycles. The van der Waals surface area contributed by atoms with E-state index in [4.69, 9.17) is 5.84 Å². The maximum absolute atomic E-state index is 14.1. The van der Waals surface area contributed by atoms with Gasteiger partial charge in [-0.05, 0) is 49.5 Å². The summed E-state index contributed by atoms with van der Waals surface area (Å²) in [6, 6.07) is 12.7. The van der Waals surface area contributed by atoms with Gasteiger partial charge in [0.25, 0.3) is 11.5 Å². The van der Waals surface area contributed by atoms with Crippen molar-refractivity contribution in [3.8, 4) is 0 Å². The molecule has 2 heterocycles. The number of aromatic nitrogens is 1. The van der Waals surface area contributed by atoms with Crippen LogP contribution in [0.25, 0.3) is 10.9 Å². The van der Waals surface area contributed by atoms with Gasteiger partial charge in [-0.2, -0.15) is 5.10 Å². The van der Waals surface area contributed by atoms with Gasteiger partial charge in [0, 0.05) is 37.1 Å². The lowest BCUT2D eigenvalue weighted by atomic mass is 10.1. The number of nitrogens with two attached hydrogens (primary N) is 1. The second-order valence-corrected chi connectivity index (χ2v) is 7.63. The number of fused-ring (bicyclic) bond motifs is 1. The Morgan fingerprint density at radius 1 is 1.12 bits per heavy atom. The molecular weight excluding hydrogens is 411 g/mol.